The van der Waals surface area contributed by atoms with Crippen molar-refractivity contribution in [3.05, 3.63) is 118 Å². The van der Waals surface area contributed by atoms with Crippen molar-refractivity contribution in [2.24, 2.45) is 11.8 Å². The highest BCUT2D eigenvalue weighted by atomic mass is 16.6. The highest BCUT2D eigenvalue weighted by Crippen LogP contribution is 2.43. The second-order valence-electron chi connectivity index (χ2n) is 25.6. The first-order chi connectivity index (χ1) is 47.0. The van der Waals surface area contributed by atoms with Crippen LogP contribution in [0.15, 0.2) is 84.9 Å². The molecule has 1 aliphatic carbocycles. The lowest BCUT2D eigenvalue weighted by atomic mass is 9.81. The van der Waals surface area contributed by atoms with Crippen LogP contribution >= 0.6 is 0 Å². The van der Waals surface area contributed by atoms with E-state index in [0.717, 1.165) is 17.7 Å². The van der Waals surface area contributed by atoms with Crippen LogP contribution in [0.5, 0.6) is 11.5 Å². The summed E-state index contributed by atoms with van der Waals surface area (Å²) in [6.45, 7) is 4.57. The summed E-state index contributed by atoms with van der Waals surface area (Å²) in [5.41, 5.74) is -0.789. The number of imide groups is 1. The average molecular weight is 1350 g/mol. The third-order valence-electron chi connectivity index (χ3n) is 17.9. The van der Waals surface area contributed by atoms with Gasteiger partial charge in [0.15, 0.2) is 11.3 Å². The number of benzene rings is 4. The number of hydrogen-bond acceptors (Lipinski definition) is 20. The number of Topliss-reactive ketones (excluding diaryl/α,β-unsaturated/α-hetero) is 1. The van der Waals surface area contributed by atoms with Gasteiger partial charge < -0.3 is 72.0 Å². The van der Waals surface area contributed by atoms with Crippen molar-refractivity contribution in [1.82, 2.24) is 51.5 Å². The van der Waals surface area contributed by atoms with Crippen molar-refractivity contribution in [3.63, 3.8) is 0 Å². The number of ketones is 3. The highest BCUT2D eigenvalue weighted by molar-refractivity contribution is 6.33. The van der Waals surface area contributed by atoms with Gasteiger partial charge >= 0.3 is 12.2 Å². The number of alkyl carbamates (subject to hydrolysis) is 1. The topological polar surface area (TPSA) is 390 Å². The number of fused-ring (bicyclic) bond motifs is 8. The molecule has 4 aliphatic heterocycles. The van der Waals surface area contributed by atoms with Crippen LogP contribution in [0.4, 0.5) is 21.0 Å². The van der Waals surface area contributed by atoms with E-state index in [9.17, 15) is 72.5 Å². The lowest BCUT2D eigenvalue weighted by Gasteiger charge is -2.36. The first kappa shape index (κ1) is 71.8. The van der Waals surface area contributed by atoms with E-state index in [0.29, 0.717) is 29.7 Å². The van der Waals surface area contributed by atoms with Crippen LogP contribution < -0.4 is 42.5 Å². The van der Waals surface area contributed by atoms with Gasteiger partial charge in [0.2, 0.25) is 52.9 Å². The van der Waals surface area contributed by atoms with E-state index >= 15 is 0 Å². The number of hydrogen-bond donors (Lipinski definition) is 10. The number of amides is 10. The molecule has 10 amide bonds. The summed E-state index contributed by atoms with van der Waals surface area (Å²) < 4.78 is 10.7. The Labute approximate surface area is 565 Å². The van der Waals surface area contributed by atoms with Crippen molar-refractivity contribution >= 4 is 88.2 Å². The summed E-state index contributed by atoms with van der Waals surface area (Å²) in [5.74, 6) is -9.48. The van der Waals surface area contributed by atoms with Gasteiger partial charge in [-0.1, -0.05) is 88.4 Å². The van der Waals surface area contributed by atoms with Crippen molar-refractivity contribution in [2.75, 3.05) is 82.6 Å². The summed E-state index contributed by atoms with van der Waals surface area (Å²) in [6.07, 6.45) is -0.284. The molecule has 98 heavy (non-hydrogen) atoms. The van der Waals surface area contributed by atoms with Gasteiger partial charge in [-0.15, -0.1) is 0 Å². The molecule has 29 nitrogen and oxygen atoms in total. The monoisotopic (exact) mass is 1350 g/mol. The van der Waals surface area contributed by atoms with Gasteiger partial charge in [-0.3, -0.25) is 57.6 Å². The maximum atomic E-state index is 14.7. The molecule has 5 aliphatic rings. The lowest BCUT2D eigenvalue weighted by Crippen LogP contribution is -2.64. The molecule has 0 aromatic heterocycles. The standard InChI is InChI=1S/C69H84N12O17/c1-40(2)32-46(62(90)73-34-52(84)69-24-13-28-78(69)31-27-71-45-21-20-44(70-25-26-72-66(69)94)56-57(45)61(89)59-51(83)23-22-50(82)58(59)60(56)88)76-65(93)49-19-12-30-80(49)55(87)37-81(68(96)98-39-43-16-9-6-10-17-43)54(86)35-74-63(91)47(33-41(3)4)77-64(92)48-18-11-29-79(48)53(85)36-75-67(95)97-38-42-14-7-5-8-15-42/h5-10,14-17,20-23,40-41,46-49,70-71,82-83H,11-13,18-19,24-39H2,1-4H3,(H,72,94)(H,73,90)(H,74,91)(H,75,95)(H,76,93)(H,77,92)/t46-,47-,48-,49-,69+/m0/s1. The minimum atomic E-state index is -1.77. The molecule has 3 saturated heterocycles. The average Bonchev–Trinajstić information content (AvgIpc) is 0.960. The van der Waals surface area contributed by atoms with Crippen LogP contribution in [0.25, 0.3) is 0 Å². The summed E-state index contributed by atoms with van der Waals surface area (Å²) in [5, 5.41) is 43.5. The predicted molar refractivity (Wildman–Crippen MR) is 353 cm³/mol. The van der Waals surface area contributed by atoms with Crippen LogP contribution in [0, 0.1) is 11.8 Å². The molecular formula is C69H84N12O17. The van der Waals surface area contributed by atoms with E-state index in [-0.39, 0.29) is 137 Å². The van der Waals surface area contributed by atoms with E-state index in [4.69, 9.17) is 9.47 Å². The minimum Gasteiger partial charge on any atom is -0.507 e. The van der Waals surface area contributed by atoms with Crippen molar-refractivity contribution in [3.8, 4) is 11.5 Å². The second-order valence-corrected chi connectivity index (χ2v) is 25.6. The third kappa shape index (κ3) is 16.8. The Balaban J connectivity index is 0.822. The van der Waals surface area contributed by atoms with Gasteiger partial charge in [-0.05, 0) is 105 Å². The molecule has 4 aromatic rings. The summed E-state index contributed by atoms with van der Waals surface area (Å²) in [7, 11) is 0. The Morgan fingerprint density at radius 2 is 1.06 bits per heavy atom. The second kappa shape index (κ2) is 32.5. The minimum absolute atomic E-state index is 0.00552. The van der Waals surface area contributed by atoms with Gasteiger partial charge in [-0.2, -0.15) is 0 Å². The molecule has 0 saturated carbocycles. The van der Waals surface area contributed by atoms with E-state index in [2.05, 4.69) is 42.5 Å². The first-order valence-electron chi connectivity index (χ1n) is 33.0. The smallest absolute Gasteiger partial charge is 0.417 e. The van der Waals surface area contributed by atoms with Gasteiger partial charge in [0, 0.05) is 50.6 Å². The molecule has 0 radical (unpaired) electrons. The maximum Gasteiger partial charge on any atom is 0.417 e. The lowest BCUT2D eigenvalue weighted by molar-refractivity contribution is -0.144. The molecular weight excluding hydrogens is 1270 g/mol. The third-order valence-corrected chi connectivity index (χ3v) is 17.9. The molecule has 0 spiro atoms. The van der Waals surface area contributed by atoms with E-state index < -0.39 is 144 Å². The Hall–Kier alpha value is -10.5. The highest BCUT2D eigenvalue weighted by Gasteiger charge is 2.53. The van der Waals surface area contributed by atoms with Crippen molar-refractivity contribution in [2.45, 2.75) is 122 Å². The summed E-state index contributed by atoms with van der Waals surface area (Å²) in [4.78, 5) is 187. The van der Waals surface area contributed by atoms with E-state index in [1.165, 1.54) is 9.80 Å². The number of phenolic OH excluding ortho intramolecular Hbond substituents is 2. The predicted octanol–water partition coefficient (Wildman–Crippen LogP) is 2.60. The van der Waals surface area contributed by atoms with Crippen LogP contribution in [0.1, 0.15) is 122 Å². The van der Waals surface area contributed by atoms with Gasteiger partial charge in [0.25, 0.3) is 5.91 Å². The Morgan fingerprint density at radius 3 is 1.60 bits per heavy atom. The van der Waals surface area contributed by atoms with E-state index in [1.54, 1.807) is 85.5 Å². The normalized spacial score (nSPS) is 18.9. The molecule has 3 fully saturated rings. The molecule has 9 rings (SSSR count). The molecule has 522 valence electrons. The SMILES string of the molecule is CC(C)C[C@H](NC(=O)[C@@H]1CCCN1C(=O)CNC(=O)OCc1ccccc1)C(=O)NCC(=O)N(CC(=O)N1CCC[C@H]1C(=O)N[C@@H](CC(C)C)C(=O)NCC(=O)[C@@]12CCCN1CCNc1ccc(c3c1C(=O)c1c(O)ccc(O)c1C3=O)NCCNC2=O)C(=O)OCc1ccccc1. The molecule has 0 unspecified atom stereocenters. The summed E-state index contributed by atoms with van der Waals surface area (Å²) >= 11 is 0. The maximum absolute atomic E-state index is 14.7. The van der Waals surface area contributed by atoms with Crippen molar-refractivity contribution in [1.29, 1.82) is 0 Å². The number of ether oxygens (including phenoxy) is 2. The van der Waals surface area contributed by atoms with E-state index in [1.807, 2.05) is 19.9 Å². The van der Waals surface area contributed by atoms with Gasteiger partial charge in [-0.25, -0.2) is 14.5 Å². The van der Waals surface area contributed by atoms with Crippen molar-refractivity contribution < 1.29 is 82.0 Å². The molecule has 4 aromatic carbocycles. The summed E-state index contributed by atoms with van der Waals surface area (Å²) in [6, 6.07) is 18.2. The molecule has 4 heterocycles. The van der Waals surface area contributed by atoms with Crippen LogP contribution in [0.2, 0.25) is 0 Å². The molecule has 2 bridgehead atoms. The quantitative estimate of drug-likeness (QED) is 0.0332. The fourth-order valence-corrected chi connectivity index (χ4v) is 13.1. The number of carbonyl (C=O) groups is 13. The number of nitrogens with one attached hydrogen (secondary N) is 8. The number of nitrogens with zero attached hydrogens (tertiary/aromatic N) is 4. The van der Waals surface area contributed by atoms with Crippen LogP contribution in [-0.4, -0.2) is 208 Å². The Bertz CT molecular complexity index is 3720. The molecule has 5 atom stereocenters. The Morgan fingerprint density at radius 1 is 0.561 bits per heavy atom. The number of phenols is 2. The number of aromatic hydroxyl groups is 2. The van der Waals surface area contributed by atoms with Crippen LogP contribution in [-0.2, 0) is 65.8 Å². The number of likely N-dealkylation sites (tertiary alicyclic amines) is 2. The zero-order chi connectivity index (χ0) is 70.4. The van der Waals surface area contributed by atoms with Gasteiger partial charge in [0.1, 0.15) is 62.0 Å². The fourth-order valence-electron chi connectivity index (χ4n) is 13.1. The zero-order valence-corrected chi connectivity index (χ0v) is 55.2. The number of rotatable bonds is 23. The van der Waals surface area contributed by atoms with Gasteiger partial charge in [0.05, 0.1) is 35.3 Å². The molecule has 10 N–H and O–H groups in total. The fraction of sp³-hybridized carbons (Fsp3) is 0.464. The zero-order valence-electron chi connectivity index (χ0n) is 55.2. The van der Waals surface area contributed by atoms with Crippen LogP contribution in [0.3, 0.4) is 0 Å². The number of carbonyl (C=O) groups excluding carboxylic acids is 13. The largest absolute Gasteiger partial charge is 0.507 e. The molecule has 29 heteroatoms. The first-order valence-corrected chi connectivity index (χ1v) is 33.0. The number of anilines is 2. The Kier molecular flexibility index (Phi) is 23.8.